The Morgan fingerprint density at radius 2 is 1.48 bits per heavy atom. The molecular weight excluding hydrogens is 417 g/mol. The molecule has 0 fully saturated rings. The van der Waals surface area contributed by atoms with Crippen LogP contribution in [0.25, 0.3) is 22.8 Å². The van der Waals surface area contributed by atoms with Crippen molar-refractivity contribution in [3.63, 3.8) is 0 Å². The SMILES string of the molecule is CCOC(=O)c1ccnc(-c2cc(C(=O)OCC)cc(-c3cc(C(F)(F)F)[nH]n3)n2)c1. The number of carbonyl (C=O) groups excluding carboxylic acids is 2. The maximum atomic E-state index is 12.9. The number of esters is 2. The minimum absolute atomic E-state index is 0.00404. The lowest BCUT2D eigenvalue weighted by atomic mass is 10.1. The molecule has 0 atom stereocenters. The highest BCUT2D eigenvalue weighted by Crippen LogP contribution is 2.31. The zero-order valence-electron chi connectivity index (χ0n) is 16.5. The van der Waals surface area contributed by atoms with E-state index in [4.69, 9.17) is 9.47 Å². The van der Waals surface area contributed by atoms with E-state index in [0.717, 1.165) is 6.07 Å². The molecule has 0 bridgehead atoms. The van der Waals surface area contributed by atoms with Crippen molar-refractivity contribution in [1.82, 2.24) is 20.2 Å². The first-order valence-electron chi connectivity index (χ1n) is 9.18. The molecule has 3 heterocycles. The van der Waals surface area contributed by atoms with E-state index < -0.39 is 23.8 Å². The molecule has 3 aromatic rings. The second-order valence-electron chi connectivity index (χ2n) is 6.16. The number of nitrogens with zero attached hydrogens (tertiary/aromatic N) is 3. The summed E-state index contributed by atoms with van der Waals surface area (Å²) < 4.78 is 48.7. The summed E-state index contributed by atoms with van der Waals surface area (Å²) >= 11 is 0. The number of aromatic nitrogens is 4. The Morgan fingerprint density at radius 3 is 2.06 bits per heavy atom. The Balaban J connectivity index is 2.10. The third-order valence-corrected chi connectivity index (χ3v) is 4.02. The van der Waals surface area contributed by atoms with Gasteiger partial charge in [0, 0.05) is 6.20 Å². The number of alkyl halides is 3. The second kappa shape index (κ2) is 8.94. The Hall–Kier alpha value is -3.76. The molecule has 0 radical (unpaired) electrons. The van der Waals surface area contributed by atoms with E-state index in [2.05, 4.69) is 15.1 Å². The number of pyridine rings is 2. The smallest absolute Gasteiger partial charge is 0.432 e. The number of hydrogen-bond donors (Lipinski definition) is 1. The van der Waals surface area contributed by atoms with E-state index in [-0.39, 0.29) is 47.1 Å². The van der Waals surface area contributed by atoms with Crippen LogP contribution in [0.3, 0.4) is 0 Å². The van der Waals surface area contributed by atoms with E-state index in [1.165, 1.54) is 30.5 Å². The molecule has 162 valence electrons. The van der Waals surface area contributed by atoms with Gasteiger partial charge >= 0.3 is 18.1 Å². The second-order valence-corrected chi connectivity index (χ2v) is 6.16. The number of aromatic amines is 1. The van der Waals surface area contributed by atoms with Gasteiger partial charge in [0.1, 0.15) is 11.4 Å². The standard InChI is InChI=1S/C20H17F3N4O4/c1-3-30-18(28)11-5-6-24-13(7-11)14-8-12(19(29)31-4-2)9-15(25-14)16-10-17(27-26-16)20(21,22)23/h5-10H,3-4H2,1-2H3,(H,26,27). The lowest BCUT2D eigenvalue weighted by Gasteiger charge is -2.08. The van der Waals surface area contributed by atoms with Gasteiger partial charge in [-0.15, -0.1) is 0 Å². The maximum Gasteiger partial charge on any atom is 0.432 e. The molecule has 0 aromatic carbocycles. The van der Waals surface area contributed by atoms with Crippen molar-refractivity contribution >= 4 is 11.9 Å². The van der Waals surface area contributed by atoms with E-state index >= 15 is 0 Å². The molecule has 0 spiro atoms. The third-order valence-electron chi connectivity index (χ3n) is 4.02. The topological polar surface area (TPSA) is 107 Å². The summed E-state index contributed by atoms with van der Waals surface area (Å²) in [5.41, 5.74) is -0.586. The molecule has 3 aromatic heterocycles. The number of hydrogen-bond acceptors (Lipinski definition) is 7. The predicted octanol–water partition coefficient (Wildman–Crippen LogP) is 3.91. The summed E-state index contributed by atoms with van der Waals surface area (Å²) in [4.78, 5) is 32.7. The molecule has 0 aliphatic rings. The highest BCUT2D eigenvalue weighted by Gasteiger charge is 2.33. The summed E-state index contributed by atoms with van der Waals surface area (Å²) in [6.45, 7) is 3.56. The van der Waals surface area contributed by atoms with Crippen molar-refractivity contribution in [3.8, 4) is 22.8 Å². The van der Waals surface area contributed by atoms with Crippen LogP contribution in [0.15, 0.2) is 36.5 Å². The fraction of sp³-hybridized carbons (Fsp3) is 0.250. The van der Waals surface area contributed by atoms with Gasteiger partial charge in [0.05, 0.1) is 41.4 Å². The van der Waals surface area contributed by atoms with E-state index in [1.54, 1.807) is 13.8 Å². The number of rotatable bonds is 6. The molecule has 0 aliphatic heterocycles. The predicted molar refractivity (Wildman–Crippen MR) is 102 cm³/mol. The van der Waals surface area contributed by atoms with Crippen LogP contribution in [0.4, 0.5) is 13.2 Å². The van der Waals surface area contributed by atoms with Crippen molar-refractivity contribution in [2.75, 3.05) is 13.2 Å². The number of ether oxygens (including phenoxy) is 2. The number of halogens is 3. The summed E-state index contributed by atoms with van der Waals surface area (Å²) in [7, 11) is 0. The summed E-state index contributed by atoms with van der Waals surface area (Å²) in [5.74, 6) is -1.27. The Morgan fingerprint density at radius 1 is 0.903 bits per heavy atom. The number of carbonyl (C=O) groups is 2. The largest absolute Gasteiger partial charge is 0.462 e. The molecule has 0 unspecified atom stereocenters. The van der Waals surface area contributed by atoms with Crippen LogP contribution in [0.5, 0.6) is 0 Å². The molecule has 0 saturated carbocycles. The van der Waals surface area contributed by atoms with Gasteiger partial charge in [-0.2, -0.15) is 18.3 Å². The lowest BCUT2D eigenvalue weighted by Crippen LogP contribution is -2.07. The third kappa shape index (κ3) is 5.05. The van der Waals surface area contributed by atoms with Crippen LogP contribution in [0.2, 0.25) is 0 Å². The molecule has 0 saturated heterocycles. The van der Waals surface area contributed by atoms with Crippen LogP contribution < -0.4 is 0 Å². The lowest BCUT2D eigenvalue weighted by molar-refractivity contribution is -0.141. The van der Waals surface area contributed by atoms with Crippen LogP contribution in [0, 0.1) is 0 Å². The van der Waals surface area contributed by atoms with Gasteiger partial charge < -0.3 is 9.47 Å². The van der Waals surface area contributed by atoms with Gasteiger partial charge in [-0.3, -0.25) is 10.1 Å². The minimum atomic E-state index is -4.62. The average Bonchev–Trinajstić information content (AvgIpc) is 3.25. The quantitative estimate of drug-likeness (QED) is 0.586. The van der Waals surface area contributed by atoms with Crippen molar-refractivity contribution in [2.24, 2.45) is 0 Å². The first-order chi connectivity index (χ1) is 14.7. The Bertz CT molecular complexity index is 1110. The van der Waals surface area contributed by atoms with Crippen LogP contribution >= 0.6 is 0 Å². The monoisotopic (exact) mass is 434 g/mol. The van der Waals surface area contributed by atoms with Gasteiger partial charge in [0.2, 0.25) is 0 Å². The van der Waals surface area contributed by atoms with Crippen LogP contribution in [0.1, 0.15) is 40.3 Å². The summed E-state index contributed by atoms with van der Waals surface area (Å²) in [6.07, 6.45) is -3.27. The van der Waals surface area contributed by atoms with Crippen molar-refractivity contribution in [2.45, 2.75) is 20.0 Å². The van der Waals surface area contributed by atoms with E-state index in [1.807, 2.05) is 5.10 Å². The molecule has 1 N–H and O–H groups in total. The molecular formula is C20H17F3N4O4. The van der Waals surface area contributed by atoms with E-state index in [9.17, 15) is 22.8 Å². The van der Waals surface area contributed by atoms with Gasteiger partial charge in [0.15, 0.2) is 0 Å². The highest BCUT2D eigenvalue weighted by atomic mass is 19.4. The average molecular weight is 434 g/mol. The van der Waals surface area contributed by atoms with Crippen LogP contribution in [-0.4, -0.2) is 45.3 Å². The number of nitrogens with one attached hydrogen (secondary N) is 1. The first-order valence-corrected chi connectivity index (χ1v) is 9.18. The van der Waals surface area contributed by atoms with Gasteiger partial charge in [-0.05, 0) is 44.2 Å². The molecule has 0 amide bonds. The fourth-order valence-corrected chi connectivity index (χ4v) is 2.64. The molecule has 0 aliphatic carbocycles. The first kappa shape index (κ1) is 21.9. The Kier molecular flexibility index (Phi) is 6.33. The Labute approximate surface area is 174 Å². The summed E-state index contributed by atoms with van der Waals surface area (Å²) in [6, 6.07) is 6.28. The van der Waals surface area contributed by atoms with Crippen molar-refractivity contribution in [1.29, 1.82) is 0 Å². The van der Waals surface area contributed by atoms with Gasteiger partial charge in [0.25, 0.3) is 0 Å². The molecule has 31 heavy (non-hydrogen) atoms. The van der Waals surface area contributed by atoms with Gasteiger partial charge in [-0.1, -0.05) is 0 Å². The molecule has 3 rings (SSSR count). The van der Waals surface area contributed by atoms with Crippen molar-refractivity contribution in [3.05, 3.63) is 53.3 Å². The maximum absolute atomic E-state index is 12.9. The van der Waals surface area contributed by atoms with Gasteiger partial charge in [-0.25, -0.2) is 14.6 Å². The zero-order valence-corrected chi connectivity index (χ0v) is 16.5. The fourth-order valence-electron chi connectivity index (χ4n) is 2.64. The van der Waals surface area contributed by atoms with Crippen molar-refractivity contribution < 1.29 is 32.2 Å². The molecule has 8 nitrogen and oxygen atoms in total. The van der Waals surface area contributed by atoms with E-state index in [0.29, 0.717) is 0 Å². The summed E-state index contributed by atoms with van der Waals surface area (Å²) in [5, 5.41) is 5.56. The molecule has 11 heteroatoms. The highest BCUT2D eigenvalue weighted by molar-refractivity contribution is 5.93. The zero-order chi connectivity index (χ0) is 22.6. The number of H-pyrrole nitrogens is 1. The normalized spacial score (nSPS) is 11.3. The minimum Gasteiger partial charge on any atom is -0.462 e. The van der Waals surface area contributed by atoms with Crippen LogP contribution in [-0.2, 0) is 15.7 Å².